The molecular formula is C15H28N2OS. The van der Waals surface area contributed by atoms with E-state index in [0.29, 0.717) is 17.1 Å². The molecule has 110 valence electrons. The van der Waals surface area contributed by atoms with E-state index in [-0.39, 0.29) is 0 Å². The first-order valence-corrected chi connectivity index (χ1v) is 8.90. The van der Waals surface area contributed by atoms with Crippen molar-refractivity contribution in [3.63, 3.8) is 0 Å². The van der Waals surface area contributed by atoms with E-state index in [1.807, 2.05) is 6.26 Å². The van der Waals surface area contributed by atoms with Crippen molar-refractivity contribution in [2.75, 3.05) is 32.4 Å². The lowest BCUT2D eigenvalue weighted by Gasteiger charge is -2.42. The minimum Gasteiger partial charge on any atom is -0.301 e. The van der Waals surface area contributed by atoms with E-state index in [2.05, 4.69) is 23.6 Å². The van der Waals surface area contributed by atoms with Crippen LogP contribution in [0.1, 0.15) is 39.5 Å². The average molecular weight is 284 g/mol. The topological polar surface area (TPSA) is 23.6 Å². The summed E-state index contributed by atoms with van der Waals surface area (Å²) in [6, 6.07) is 1.45. The van der Waals surface area contributed by atoms with Crippen LogP contribution in [-0.2, 0) is 4.79 Å². The molecule has 2 aliphatic rings. The second-order valence-electron chi connectivity index (χ2n) is 6.19. The van der Waals surface area contributed by atoms with Crippen LogP contribution in [0.15, 0.2) is 0 Å². The van der Waals surface area contributed by atoms with Crippen molar-refractivity contribution in [2.45, 2.75) is 51.6 Å². The monoisotopic (exact) mass is 284 g/mol. The quantitative estimate of drug-likeness (QED) is 0.794. The van der Waals surface area contributed by atoms with Crippen molar-refractivity contribution in [1.82, 2.24) is 9.80 Å². The summed E-state index contributed by atoms with van der Waals surface area (Å²) in [5, 5.41) is 0.397. The van der Waals surface area contributed by atoms with Crippen LogP contribution < -0.4 is 0 Å². The van der Waals surface area contributed by atoms with Crippen LogP contribution >= 0.6 is 11.8 Å². The Morgan fingerprint density at radius 3 is 2.11 bits per heavy atom. The number of thioether (sulfide) groups is 1. The minimum absolute atomic E-state index is 0.321. The van der Waals surface area contributed by atoms with Crippen molar-refractivity contribution >= 4 is 16.9 Å². The molecule has 0 amide bonds. The molecule has 0 aromatic rings. The molecule has 19 heavy (non-hydrogen) atoms. The summed E-state index contributed by atoms with van der Waals surface area (Å²) in [5.41, 5.74) is 0. The van der Waals surface area contributed by atoms with Crippen molar-refractivity contribution in [2.24, 2.45) is 5.92 Å². The van der Waals surface area contributed by atoms with E-state index >= 15 is 0 Å². The third kappa shape index (κ3) is 3.96. The van der Waals surface area contributed by atoms with Gasteiger partial charge in [0.15, 0.2) is 5.12 Å². The Morgan fingerprint density at radius 1 is 1.05 bits per heavy atom. The Morgan fingerprint density at radius 2 is 1.63 bits per heavy atom. The number of nitrogens with zero attached hydrogens (tertiary/aromatic N) is 2. The second-order valence-corrected chi connectivity index (χ2v) is 7.00. The largest absolute Gasteiger partial charge is 0.301 e. The van der Waals surface area contributed by atoms with Crippen LogP contribution in [0.4, 0.5) is 0 Å². The SMILES string of the molecule is CSC(=O)C1CCN(C2CCN(C(C)C)CC2)CC1. The standard InChI is InChI=1S/C15H28N2OS/c1-12(2)16-10-6-14(7-11-16)17-8-4-13(5-9-17)15(18)19-3/h12-14H,4-11H2,1-3H3. The molecule has 0 aromatic heterocycles. The Hall–Kier alpha value is -0.0600. The Kier molecular flexibility index (Phi) is 5.72. The zero-order valence-corrected chi connectivity index (χ0v) is 13.4. The maximum Gasteiger partial charge on any atom is 0.191 e. The number of carbonyl (C=O) groups is 1. The van der Waals surface area contributed by atoms with Gasteiger partial charge in [0, 0.05) is 18.0 Å². The molecule has 2 fully saturated rings. The molecule has 3 nitrogen and oxygen atoms in total. The number of rotatable bonds is 3. The maximum absolute atomic E-state index is 11.7. The third-order valence-electron chi connectivity index (χ3n) is 4.81. The predicted octanol–water partition coefficient (Wildman–Crippen LogP) is 2.46. The lowest BCUT2D eigenvalue weighted by atomic mass is 9.94. The summed E-state index contributed by atoms with van der Waals surface area (Å²) in [6.45, 7) is 9.32. The van der Waals surface area contributed by atoms with E-state index in [0.717, 1.165) is 32.0 Å². The van der Waals surface area contributed by atoms with Crippen LogP contribution in [-0.4, -0.2) is 59.4 Å². The van der Waals surface area contributed by atoms with Crippen LogP contribution in [0.3, 0.4) is 0 Å². The summed E-state index contributed by atoms with van der Waals surface area (Å²) in [6.07, 6.45) is 6.67. The summed E-state index contributed by atoms with van der Waals surface area (Å²) in [5.74, 6) is 0.321. The fraction of sp³-hybridized carbons (Fsp3) is 0.933. The van der Waals surface area contributed by atoms with Crippen molar-refractivity contribution in [1.29, 1.82) is 0 Å². The van der Waals surface area contributed by atoms with Crippen LogP contribution in [0.25, 0.3) is 0 Å². The van der Waals surface area contributed by atoms with Crippen LogP contribution in [0.5, 0.6) is 0 Å². The first-order chi connectivity index (χ1) is 9.11. The Balaban J connectivity index is 1.75. The molecule has 0 atom stereocenters. The summed E-state index contributed by atoms with van der Waals surface area (Å²) >= 11 is 1.41. The molecule has 0 aliphatic carbocycles. The molecule has 2 aliphatic heterocycles. The highest BCUT2D eigenvalue weighted by molar-refractivity contribution is 8.13. The van der Waals surface area contributed by atoms with Gasteiger partial charge in [-0.2, -0.15) is 0 Å². The molecule has 2 heterocycles. The fourth-order valence-electron chi connectivity index (χ4n) is 3.43. The van der Waals surface area contributed by atoms with Crippen molar-refractivity contribution < 1.29 is 4.79 Å². The van der Waals surface area contributed by atoms with Gasteiger partial charge in [-0.3, -0.25) is 4.79 Å². The van der Waals surface area contributed by atoms with E-state index in [9.17, 15) is 4.79 Å². The molecule has 0 spiro atoms. The lowest BCUT2D eigenvalue weighted by Crippen LogP contribution is -2.49. The number of likely N-dealkylation sites (tertiary alicyclic amines) is 2. The van der Waals surface area contributed by atoms with E-state index < -0.39 is 0 Å². The third-order valence-corrected chi connectivity index (χ3v) is 5.55. The smallest absolute Gasteiger partial charge is 0.191 e. The summed E-state index contributed by atoms with van der Waals surface area (Å²) < 4.78 is 0. The van der Waals surface area contributed by atoms with Gasteiger partial charge in [0.1, 0.15) is 0 Å². The van der Waals surface area contributed by atoms with Gasteiger partial charge in [-0.15, -0.1) is 0 Å². The highest BCUT2D eigenvalue weighted by Gasteiger charge is 2.30. The molecular weight excluding hydrogens is 256 g/mol. The first kappa shape index (κ1) is 15.3. The van der Waals surface area contributed by atoms with Gasteiger partial charge >= 0.3 is 0 Å². The summed E-state index contributed by atoms with van der Waals surface area (Å²) in [4.78, 5) is 16.9. The highest BCUT2D eigenvalue weighted by Crippen LogP contribution is 2.26. The molecule has 0 radical (unpaired) electrons. The Bertz CT molecular complexity index is 293. The Labute approximate surface area is 122 Å². The van der Waals surface area contributed by atoms with Gasteiger partial charge in [-0.1, -0.05) is 11.8 Å². The van der Waals surface area contributed by atoms with Gasteiger partial charge in [-0.25, -0.2) is 0 Å². The zero-order chi connectivity index (χ0) is 13.8. The van der Waals surface area contributed by atoms with Crippen LogP contribution in [0, 0.1) is 5.92 Å². The van der Waals surface area contributed by atoms with E-state index in [1.54, 1.807) is 0 Å². The number of hydrogen-bond acceptors (Lipinski definition) is 4. The molecule has 0 saturated carbocycles. The molecule has 2 rings (SSSR count). The molecule has 0 unspecified atom stereocenters. The fourth-order valence-corrected chi connectivity index (χ4v) is 4.00. The summed E-state index contributed by atoms with van der Waals surface area (Å²) in [7, 11) is 0. The maximum atomic E-state index is 11.7. The minimum atomic E-state index is 0.321. The van der Waals surface area contributed by atoms with Crippen LogP contribution in [0.2, 0.25) is 0 Å². The van der Waals surface area contributed by atoms with Gasteiger partial charge in [0.25, 0.3) is 0 Å². The molecule has 0 aromatic carbocycles. The van der Waals surface area contributed by atoms with Gasteiger partial charge in [0.05, 0.1) is 0 Å². The zero-order valence-electron chi connectivity index (χ0n) is 12.6. The number of carbonyl (C=O) groups excluding carboxylic acids is 1. The van der Waals surface area contributed by atoms with E-state index in [1.165, 1.54) is 37.7 Å². The molecule has 0 bridgehead atoms. The number of piperidine rings is 2. The second kappa shape index (κ2) is 7.09. The van der Waals surface area contributed by atoms with E-state index in [4.69, 9.17) is 0 Å². The lowest BCUT2D eigenvalue weighted by molar-refractivity contribution is -0.115. The average Bonchev–Trinajstić information content (AvgIpc) is 2.46. The molecule has 4 heteroatoms. The highest BCUT2D eigenvalue weighted by atomic mass is 32.2. The number of hydrogen-bond donors (Lipinski definition) is 0. The van der Waals surface area contributed by atoms with Gasteiger partial charge in [0.2, 0.25) is 0 Å². The first-order valence-electron chi connectivity index (χ1n) is 7.67. The van der Waals surface area contributed by atoms with Gasteiger partial charge in [-0.05, 0) is 72.0 Å². The molecule has 0 N–H and O–H groups in total. The van der Waals surface area contributed by atoms with Crippen molar-refractivity contribution in [3.8, 4) is 0 Å². The van der Waals surface area contributed by atoms with Gasteiger partial charge < -0.3 is 9.80 Å². The molecule has 2 saturated heterocycles. The predicted molar refractivity (Wildman–Crippen MR) is 82.6 cm³/mol. The van der Waals surface area contributed by atoms with Crippen molar-refractivity contribution in [3.05, 3.63) is 0 Å². The normalized spacial score (nSPS) is 25.1.